The lowest BCUT2D eigenvalue weighted by Crippen LogP contribution is -2.59. The Morgan fingerprint density at radius 3 is 2.39 bits per heavy atom. The van der Waals surface area contributed by atoms with Crippen LogP contribution in [0.15, 0.2) is 24.3 Å². The normalized spacial score (nSPS) is 24.8. The van der Waals surface area contributed by atoms with Crippen LogP contribution in [0.25, 0.3) is 0 Å². The average molecular weight is 242 g/mol. The molecule has 2 nitrogen and oxygen atoms in total. The maximum Gasteiger partial charge on any atom is 0.0366 e. The predicted molar refractivity (Wildman–Crippen MR) is 74.8 cm³/mol. The highest BCUT2D eigenvalue weighted by molar-refractivity contribution is 5.51. The molecule has 1 N–H and O–H groups in total. The van der Waals surface area contributed by atoms with E-state index in [4.69, 9.17) is 0 Å². The second kappa shape index (κ2) is 3.99. The van der Waals surface area contributed by atoms with E-state index in [1.807, 2.05) is 0 Å². The number of hydrogen-bond donors (Lipinski definition) is 1. The fraction of sp³-hybridized carbons (Fsp3) is 0.625. The van der Waals surface area contributed by atoms with Crippen LogP contribution in [-0.2, 0) is 6.54 Å². The van der Waals surface area contributed by atoms with Crippen LogP contribution in [0.1, 0.15) is 37.7 Å². The van der Waals surface area contributed by atoms with Gasteiger partial charge in [-0.1, -0.05) is 18.6 Å². The molecule has 0 unspecified atom stereocenters. The van der Waals surface area contributed by atoms with Crippen molar-refractivity contribution in [3.8, 4) is 0 Å². The molecule has 1 aliphatic heterocycles. The Morgan fingerprint density at radius 1 is 1.11 bits per heavy atom. The summed E-state index contributed by atoms with van der Waals surface area (Å²) in [5.74, 6) is 0. The summed E-state index contributed by atoms with van der Waals surface area (Å²) in [5, 5.41) is 3.57. The standard InChI is InChI=1S/C16H22N2/c1-8-16(9-1)11-18(12-16)15-6-2-13(3-7-15)10-17-14-4-5-14/h2-3,6-7,14,17H,1,4-5,8-12H2. The molecule has 0 amide bonds. The minimum atomic E-state index is 0.728. The molecule has 4 rings (SSSR count). The largest absolute Gasteiger partial charge is 0.370 e. The van der Waals surface area contributed by atoms with Crippen molar-refractivity contribution < 1.29 is 0 Å². The highest BCUT2D eigenvalue weighted by atomic mass is 15.2. The molecule has 1 heterocycles. The summed E-state index contributed by atoms with van der Waals surface area (Å²) in [6.07, 6.45) is 7.13. The van der Waals surface area contributed by atoms with E-state index < -0.39 is 0 Å². The number of hydrogen-bond acceptors (Lipinski definition) is 2. The van der Waals surface area contributed by atoms with Gasteiger partial charge in [0.05, 0.1) is 0 Å². The first-order valence-electron chi connectivity index (χ1n) is 7.40. The van der Waals surface area contributed by atoms with Gasteiger partial charge in [-0.3, -0.25) is 0 Å². The van der Waals surface area contributed by atoms with Crippen molar-refractivity contribution in [1.82, 2.24) is 5.32 Å². The number of anilines is 1. The van der Waals surface area contributed by atoms with Crippen LogP contribution in [-0.4, -0.2) is 19.1 Å². The van der Waals surface area contributed by atoms with Gasteiger partial charge in [0.2, 0.25) is 0 Å². The maximum atomic E-state index is 3.57. The summed E-state index contributed by atoms with van der Waals surface area (Å²) in [6, 6.07) is 9.98. The van der Waals surface area contributed by atoms with Gasteiger partial charge < -0.3 is 10.2 Å². The van der Waals surface area contributed by atoms with E-state index in [1.165, 1.54) is 56.4 Å². The van der Waals surface area contributed by atoms with E-state index in [9.17, 15) is 0 Å². The zero-order valence-corrected chi connectivity index (χ0v) is 11.0. The third kappa shape index (κ3) is 1.93. The van der Waals surface area contributed by atoms with Crippen molar-refractivity contribution in [1.29, 1.82) is 0 Å². The smallest absolute Gasteiger partial charge is 0.0366 e. The first-order chi connectivity index (χ1) is 8.83. The molecule has 0 atom stereocenters. The number of rotatable bonds is 4. The van der Waals surface area contributed by atoms with Crippen molar-refractivity contribution >= 4 is 5.69 Å². The molecule has 1 spiro atoms. The van der Waals surface area contributed by atoms with Crippen LogP contribution < -0.4 is 10.2 Å². The maximum absolute atomic E-state index is 3.57. The molecule has 0 radical (unpaired) electrons. The first-order valence-corrected chi connectivity index (χ1v) is 7.40. The summed E-state index contributed by atoms with van der Waals surface area (Å²) in [6.45, 7) is 3.63. The number of nitrogens with one attached hydrogen (secondary N) is 1. The van der Waals surface area contributed by atoms with E-state index in [2.05, 4.69) is 34.5 Å². The summed E-state index contributed by atoms with van der Waals surface area (Å²) in [7, 11) is 0. The van der Waals surface area contributed by atoms with Gasteiger partial charge in [0.15, 0.2) is 0 Å². The average Bonchev–Trinajstić information content (AvgIpc) is 3.08. The van der Waals surface area contributed by atoms with Gasteiger partial charge in [-0.2, -0.15) is 0 Å². The van der Waals surface area contributed by atoms with Crippen molar-refractivity contribution in [3.05, 3.63) is 29.8 Å². The summed E-state index contributed by atoms with van der Waals surface area (Å²) >= 11 is 0. The number of benzene rings is 1. The lowest BCUT2D eigenvalue weighted by molar-refractivity contribution is 0.0904. The molecule has 3 aliphatic rings. The molecule has 3 fully saturated rings. The third-order valence-electron chi connectivity index (χ3n) is 4.94. The van der Waals surface area contributed by atoms with Crippen LogP contribution in [0.3, 0.4) is 0 Å². The van der Waals surface area contributed by atoms with Crippen LogP contribution in [0.4, 0.5) is 5.69 Å². The molecule has 1 saturated heterocycles. The molecule has 1 aromatic rings. The second-order valence-electron chi connectivity index (χ2n) is 6.53. The molecule has 2 saturated carbocycles. The zero-order valence-electron chi connectivity index (χ0n) is 11.0. The fourth-order valence-corrected chi connectivity index (χ4v) is 3.31. The van der Waals surface area contributed by atoms with Crippen LogP contribution >= 0.6 is 0 Å². The Labute approximate surface area is 109 Å². The minimum Gasteiger partial charge on any atom is -0.370 e. The highest BCUT2D eigenvalue weighted by Crippen LogP contribution is 2.49. The van der Waals surface area contributed by atoms with E-state index >= 15 is 0 Å². The van der Waals surface area contributed by atoms with E-state index in [0.717, 1.165) is 18.0 Å². The Bertz CT molecular complexity index is 421. The van der Waals surface area contributed by atoms with Crippen LogP contribution in [0.2, 0.25) is 0 Å². The highest BCUT2D eigenvalue weighted by Gasteiger charge is 2.47. The van der Waals surface area contributed by atoms with Crippen LogP contribution in [0, 0.1) is 5.41 Å². The molecule has 2 heteroatoms. The molecule has 18 heavy (non-hydrogen) atoms. The predicted octanol–water partition coefficient (Wildman–Crippen LogP) is 2.93. The van der Waals surface area contributed by atoms with E-state index in [0.29, 0.717) is 0 Å². The topological polar surface area (TPSA) is 15.3 Å². The fourth-order valence-electron chi connectivity index (χ4n) is 3.31. The molecule has 2 aliphatic carbocycles. The lowest BCUT2D eigenvalue weighted by Gasteiger charge is -2.57. The quantitative estimate of drug-likeness (QED) is 0.873. The van der Waals surface area contributed by atoms with Gasteiger partial charge in [-0.05, 0) is 43.4 Å². The first kappa shape index (κ1) is 10.9. The van der Waals surface area contributed by atoms with Gasteiger partial charge >= 0.3 is 0 Å². The Morgan fingerprint density at radius 2 is 1.83 bits per heavy atom. The van der Waals surface area contributed by atoms with Crippen molar-refractivity contribution in [2.45, 2.75) is 44.7 Å². The van der Waals surface area contributed by atoms with Crippen LogP contribution in [0.5, 0.6) is 0 Å². The molecular formula is C16H22N2. The van der Waals surface area contributed by atoms with Gasteiger partial charge in [0.1, 0.15) is 0 Å². The SMILES string of the molecule is c1cc(N2CC3(CCC3)C2)ccc1CNC1CC1. The van der Waals surface area contributed by atoms with Gasteiger partial charge in [0, 0.05) is 36.8 Å². The van der Waals surface area contributed by atoms with E-state index in [-0.39, 0.29) is 0 Å². The summed E-state index contributed by atoms with van der Waals surface area (Å²) < 4.78 is 0. The van der Waals surface area contributed by atoms with Crippen molar-refractivity contribution in [2.75, 3.05) is 18.0 Å². The molecule has 0 aromatic heterocycles. The van der Waals surface area contributed by atoms with E-state index in [1.54, 1.807) is 0 Å². The monoisotopic (exact) mass is 242 g/mol. The molecular weight excluding hydrogens is 220 g/mol. The van der Waals surface area contributed by atoms with Crippen molar-refractivity contribution in [2.24, 2.45) is 5.41 Å². The molecule has 0 bridgehead atoms. The van der Waals surface area contributed by atoms with Gasteiger partial charge in [-0.25, -0.2) is 0 Å². The van der Waals surface area contributed by atoms with Gasteiger partial charge in [-0.15, -0.1) is 0 Å². The third-order valence-corrected chi connectivity index (χ3v) is 4.94. The Hall–Kier alpha value is -1.02. The van der Waals surface area contributed by atoms with Gasteiger partial charge in [0.25, 0.3) is 0 Å². The Balaban J connectivity index is 1.34. The zero-order chi connectivity index (χ0) is 12.0. The Kier molecular flexibility index (Phi) is 2.41. The summed E-state index contributed by atoms with van der Waals surface area (Å²) in [4.78, 5) is 2.54. The summed E-state index contributed by atoms with van der Waals surface area (Å²) in [5.41, 5.74) is 3.57. The second-order valence-corrected chi connectivity index (χ2v) is 6.53. The lowest BCUT2D eigenvalue weighted by atomic mass is 9.63. The molecule has 96 valence electrons. The minimum absolute atomic E-state index is 0.728. The van der Waals surface area contributed by atoms with Crippen molar-refractivity contribution in [3.63, 3.8) is 0 Å². The molecule has 1 aromatic carbocycles. The number of nitrogens with zero attached hydrogens (tertiary/aromatic N) is 1.